The van der Waals surface area contributed by atoms with E-state index in [0.717, 1.165) is 23.6 Å². The van der Waals surface area contributed by atoms with Gasteiger partial charge in [-0.3, -0.25) is 0 Å². The molecule has 0 aliphatic rings. The van der Waals surface area contributed by atoms with Gasteiger partial charge in [-0.1, -0.05) is 0 Å². The maximum atomic E-state index is 13.5. The molecule has 96 valence electrons. The van der Waals surface area contributed by atoms with Crippen molar-refractivity contribution in [2.45, 2.75) is 6.54 Å². The van der Waals surface area contributed by atoms with Crippen molar-refractivity contribution in [3.05, 3.63) is 60.0 Å². The third-order valence-corrected chi connectivity index (χ3v) is 2.83. The van der Waals surface area contributed by atoms with Crippen LogP contribution in [0, 0.1) is 11.6 Å². The number of pyridine rings is 1. The van der Waals surface area contributed by atoms with Crippen molar-refractivity contribution in [3.8, 4) is 0 Å². The lowest BCUT2D eigenvalue weighted by atomic mass is 10.2. The molecule has 0 unspecified atom stereocenters. The van der Waals surface area contributed by atoms with E-state index >= 15 is 0 Å². The molecule has 0 saturated carbocycles. The van der Waals surface area contributed by atoms with E-state index in [2.05, 4.69) is 10.3 Å². The molecule has 19 heavy (non-hydrogen) atoms. The van der Waals surface area contributed by atoms with Crippen LogP contribution >= 0.6 is 0 Å². The number of nitrogens with one attached hydrogen (secondary N) is 1. The Morgan fingerprint density at radius 1 is 1.16 bits per heavy atom. The molecule has 2 heterocycles. The summed E-state index contributed by atoms with van der Waals surface area (Å²) in [5, 5.41) is 3.79. The number of aromatic nitrogens is 1. The summed E-state index contributed by atoms with van der Waals surface area (Å²) in [6, 6.07) is 6.87. The molecular formula is C14H10F2N2O. The highest BCUT2D eigenvalue weighted by Crippen LogP contribution is 2.22. The molecule has 0 spiro atoms. The predicted molar refractivity (Wildman–Crippen MR) is 67.7 cm³/mol. The average Bonchev–Trinajstić information content (AvgIpc) is 2.88. The molecule has 0 radical (unpaired) electrons. The van der Waals surface area contributed by atoms with Gasteiger partial charge in [0, 0.05) is 18.3 Å². The van der Waals surface area contributed by atoms with Crippen LogP contribution < -0.4 is 5.32 Å². The van der Waals surface area contributed by atoms with E-state index in [-0.39, 0.29) is 12.1 Å². The summed E-state index contributed by atoms with van der Waals surface area (Å²) in [5.41, 5.74) is 0.944. The number of halogens is 2. The zero-order valence-electron chi connectivity index (χ0n) is 9.86. The van der Waals surface area contributed by atoms with E-state index in [4.69, 9.17) is 4.42 Å². The topological polar surface area (TPSA) is 38.1 Å². The molecule has 0 aliphatic heterocycles. The molecular weight excluding hydrogens is 250 g/mol. The van der Waals surface area contributed by atoms with E-state index in [0.29, 0.717) is 11.4 Å². The van der Waals surface area contributed by atoms with Crippen molar-refractivity contribution in [1.82, 2.24) is 4.98 Å². The van der Waals surface area contributed by atoms with Gasteiger partial charge < -0.3 is 9.73 Å². The van der Waals surface area contributed by atoms with Crippen LogP contribution in [0.1, 0.15) is 5.56 Å². The molecule has 0 atom stereocenters. The highest BCUT2D eigenvalue weighted by Gasteiger charge is 2.07. The molecule has 0 bridgehead atoms. The molecule has 2 aromatic heterocycles. The third-order valence-electron chi connectivity index (χ3n) is 2.83. The maximum absolute atomic E-state index is 13.5. The first-order valence-electron chi connectivity index (χ1n) is 5.74. The van der Waals surface area contributed by atoms with Crippen molar-refractivity contribution < 1.29 is 13.2 Å². The summed E-state index contributed by atoms with van der Waals surface area (Å²) >= 11 is 0. The lowest BCUT2D eigenvalue weighted by Crippen LogP contribution is -2.04. The molecule has 5 heteroatoms. The van der Waals surface area contributed by atoms with Crippen LogP contribution in [-0.4, -0.2) is 4.98 Å². The van der Waals surface area contributed by atoms with Crippen LogP contribution in [0.4, 0.5) is 14.6 Å². The van der Waals surface area contributed by atoms with Crippen LogP contribution in [0.5, 0.6) is 0 Å². The van der Waals surface area contributed by atoms with E-state index in [9.17, 15) is 8.78 Å². The first-order chi connectivity index (χ1) is 9.24. The van der Waals surface area contributed by atoms with Gasteiger partial charge in [-0.2, -0.15) is 0 Å². The van der Waals surface area contributed by atoms with Gasteiger partial charge >= 0.3 is 0 Å². The van der Waals surface area contributed by atoms with Crippen LogP contribution in [0.15, 0.2) is 47.2 Å². The molecule has 0 amide bonds. The fourth-order valence-corrected chi connectivity index (χ4v) is 1.89. The van der Waals surface area contributed by atoms with Crippen LogP contribution in [0.2, 0.25) is 0 Å². The van der Waals surface area contributed by atoms with Gasteiger partial charge in [-0.25, -0.2) is 13.8 Å². The zero-order chi connectivity index (χ0) is 13.2. The second-order valence-corrected chi connectivity index (χ2v) is 4.08. The molecule has 0 saturated heterocycles. The second kappa shape index (κ2) is 4.68. The van der Waals surface area contributed by atoms with Crippen molar-refractivity contribution in [2.24, 2.45) is 0 Å². The van der Waals surface area contributed by atoms with Gasteiger partial charge in [0.25, 0.3) is 0 Å². The number of hydrogen-bond acceptors (Lipinski definition) is 3. The lowest BCUT2D eigenvalue weighted by Gasteiger charge is -2.07. The minimum absolute atomic E-state index is 0.154. The highest BCUT2D eigenvalue weighted by atomic mass is 19.1. The predicted octanol–water partition coefficient (Wildman–Crippen LogP) is 3.72. The Bertz CT molecular complexity index is 724. The van der Waals surface area contributed by atoms with E-state index in [1.165, 1.54) is 0 Å². The maximum Gasteiger partial charge on any atom is 0.139 e. The Morgan fingerprint density at radius 3 is 2.95 bits per heavy atom. The Kier molecular flexibility index (Phi) is 2.87. The number of hydrogen-bond donors (Lipinski definition) is 1. The minimum atomic E-state index is -0.465. The fourth-order valence-electron chi connectivity index (χ4n) is 1.89. The SMILES string of the molecule is Fc1ccc(F)c(CNc2nccc3occc23)c1. The lowest BCUT2D eigenvalue weighted by molar-refractivity contribution is 0.587. The number of furan rings is 1. The average molecular weight is 260 g/mol. The molecule has 0 aliphatic carbocycles. The summed E-state index contributed by atoms with van der Waals surface area (Å²) < 4.78 is 31.8. The minimum Gasteiger partial charge on any atom is -0.464 e. The quantitative estimate of drug-likeness (QED) is 0.780. The summed E-state index contributed by atoms with van der Waals surface area (Å²) in [4.78, 5) is 4.16. The number of anilines is 1. The van der Waals surface area contributed by atoms with Gasteiger partial charge in [-0.05, 0) is 30.3 Å². The molecule has 1 aromatic carbocycles. The fraction of sp³-hybridized carbons (Fsp3) is 0.0714. The van der Waals surface area contributed by atoms with Gasteiger partial charge in [0.1, 0.15) is 23.0 Å². The number of benzene rings is 1. The Labute approximate surface area is 107 Å². The smallest absolute Gasteiger partial charge is 0.139 e. The third kappa shape index (κ3) is 2.27. The molecule has 3 aromatic rings. The van der Waals surface area contributed by atoms with Crippen LogP contribution in [-0.2, 0) is 6.54 Å². The van der Waals surface area contributed by atoms with Crippen molar-refractivity contribution in [1.29, 1.82) is 0 Å². The van der Waals surface area contributed by atoms with Crippen molar-refractivity contribution >= 4 is 16.8 Å². The Hall–Kier alpha value is -2.43. The molecule has 1 N–H and O–H groups in total. The largest absolute Gasteiger partial charge is 0.464 e. The molecule has 0 fully saturated rings. The summed E-state index contributed by atoms with van der Waals surface area (Å²) in [6.07, 6.45) is 3.15. The monoisotopic (exact) mass is 260 g/mol. The van der Waals surface area contributed by atoms with Crippen molar-refractivity contribution in [3.63, 3.8) is 0 Å². The normalized spacial score (nSPS) is 10.8. The van der Waals surface area contributed by atoms with Crippen LogP contribution in [0.25, 0.3) is 11.0 Å². The van der Waals surface area contributed by atoms with Crippen LogP contribution in [0.3, 0.4) is 0 Å². The first-order valence-corrected chi connectivity index (χ1v) is 5.74. The van der Waals surface area contributed by atoms with Crippen molar-refractivity contribution in [2.75, 3.05) is 5.32 Å². The van der Waals surface area contributed by atoms with Gasteiger partial charge in [0.2, 0.25) is 0 Å². The summed E-state index contributed by atoms with van der Waals surface area (Å²) in [5.74, 6) is -0.337. The summed E-state index contributed by atoms with van der Waals surface area (Å²) in [6.45, 7) is 0.154. The summed E-state index contributed by atoms with van der Waals surface area (Å²) in [7, 11) is 0. The van der Waals surface area contributed by atoms with E-state index in [1.54, 1.807) is 24.6 Å². The number of nitrogens with zero attached hydrogens (tertiary/aromatic N) is 1. The highest BCUT2D eigenvalue weighted by molar-refractivity contribution is 5.87. The zero-order valence-corrected chi connectivity index (χ0v) is 9.86. The van der Waals surface area contributed by atoms with Gasteiger partial charge in [-0.15, -0.1) is 0 Å². The van der Waals surface area contributed by atoms with E-state index < -0.39 is 11.6 Å². The standard InChI is InChI=1S/C14H10F2N2O/c15-10-1-2-12(16)9(7-10)8-18-14-11-4-6-19-13(11)3-5-17-14/h1-7H,8H2,(H,17,18). The second-order valence-electron chi connectivity index (χ2n) is 4.08. The molecule has 3 nitrogen and oxygen atoms in total. The number of fused-ring (bicyclic) bond motifs is 1. The Balaban J connectivity index is 1.86. The molecule has 3 rings (SSSR count). The van der Waals surface area contributed by atoms with Gasteiger partial charge in [0.15, 0.2) is 0 Å². The number of rotatable bonds is 3. The first kappa shape index (κ1) is 11.6. The van der Waals surface area contributed by atoms with E-state index in [1.807, 2.05) is 0 Å². The van der Waals surface area contributed by atoms with Gasteiger partial charge in [0.05, 0.1) is 11.6 Å². The Morgan fingerprint density at radius 2 is 2.05 bits per heavy atom.